The van der Waals surface area contributed by atoms with E-state index in [1.807, 2.05) is 12.1 Å². The number of hydrogen-bond acceptors (Lipinski definition) is 3. The first-order chi connectivity index (χ1) is 10.6. The number of aryl methyl sites for hydroxylation is 1. The number of ether oxygens (including phenoxy) is 1. The lowest BCUT2D eigenvalue weighted by Gasteiger charge is -2.11. The summed E-state index contributed by atoms with van der Waals surface area (Å²) in [5.74, 6) is -0.204. The molecule has 0 radical (unpaired) electrons. The van der Waals surface area contributed by atoms with Gasteiger partial charge in [-0.05, 0) is 23.6 Å². The van der Waals surface area contributed by atoms with Crippen LogP contribution in [0.5, 0.6) is 0 Å². The van der Waals surface area contributed by atoms with Gasteiger partial charge in [0.1, 0.15) is 6.04 Å². The minimum Gasteiger partial charge on any atom is -0.383 e. The number of hydrogen-bond donors (Lipinski definition) is 2. The van der Waals surface area contributed by atoms with Gasteiger partial charge in [0.25, 0.3) is 0 Å². The van der Waals surface area contributed by atoms with E-state index in [0.29, 0.717) is 6.54 Å². The van der Waals surface area contributed by atoms with Crippen LogP contribution in [0.15, 0.2) is 48.5 Å². The molecule has 124 valence electrons. The van der Waals surface area contributed by atoms with E-state index in [1.165, 1.54) is 18.2 Å². The average Bonchev–Trinajstić information content (AvgIpc) is 2.53. The number of nitrogens with one attached hydrogen (secondary N) is 1. The molecule has 0 bridgehead atoms. The second-order valence-electron chi connectivity index (χ2n) is 5.35. The first kappa shape index (κ1) is 19.2. The van der Waals surface area contributed by atoms with Crippen LogP contribution in [0.25, 0.3) is 11.1 Å². The van der Waals surface area contributed by atoms with Gasteiger partial charge in [0.15, 0.2) is 0 Å². The van der Waals surface area contributed by atoms with Crippen LogP contribution in [-0.2, 0) is 16.1 Å². The Morgan fingerprint density at radius 1 is 1.17 bits per heavy atom. The van der Waals surface area contributed by atoms with E-state index in [-0.39, 0.29) is 24.9 Å². The predicted molar refractivity (Wildman–Crippen MR) is 95.6 cm³/mol. The summed E-state index contributed by atoms with van der Waals surface area (Å²) in [6.45, 7) is 2.76. The Hall–Kier alpha value is -1.88. The molecule has 0 fully saturated rings. The monoisotopic (exact) mass is 334 g/mol. The highest BCUT2D eigenvalue weighted by Gasteiger charge is 2.12. The van der Waals surface area contributed by atoms with Crippen LogP contribution in [0, 0.1) is 6.92 Å². The second kappa shape index (κ2) is 9.30. The lowest BCUT2D eigenvalue weighted by atomic mass is 10.0. The highest BCUT2D eigenvalue weighted by atomic mass is 35.5. The maximum atomic E-state index is 11.7. The van der Waals surface area contributed by atoms with Crippen molar-refractivity contribution in [3.05, 3.63) is 59.7 Å². The van der Waals surface area contributed by atoms with Crippen molar-refractivity contribution in [2.24, 2.45) is 5.73 Å². The molecule has 0 aromatic heterocycles. The molecule has 5 heteroatoms. The van der Waals surface area contributed by atoms with Crippen molar-refractivity contribution in [2.45, 2.75) is 19.5 Å². The molecule has 2 rings (SSSR count). The van der Waals surface area contributed by atoms with Crippen molar-refractivity contribution >= 4 is 18.3 Å². The molecule has 0 aliphatic carbocycles. The molecule has 2 aromatic rings. The normalized spacial score (nSPS) is 11.4. The smallest absolute Gasteiger partial charge is 0.239 e. The summed E-state index contributed by atoms with van der Waals surface area (Å²) < 4.78 is 4.87. The van der Waals surface area contributed by atoms with Gasteiger partial charge in [-0.15, -0.1) is 12.4 Å². The zero-order chi connectivity index (χ0) is 15.9. The third-order valence-electron chi connectivity index (χ3n) is 3.46. The van der Waals surface area contributed by atoms with E-state index in [1.54, 1.807) is 0 Å². The Morgan fingerprint density at radius 3 is 2.48 bits per heavy atom. The van der Waals surface area contributed by atoms with Crippen molar-refractivity contribution in [3.63, 3.8) is 0 Å². The summed E-state index contributed by atoms with van der Waals surface area (Å²) in [5, 5.41) is 2.81. The highest BCUT2D eigenvalue weighted by Crippen LogP contribution is 2.20. The van der Waals surface area contributed by atoms with Crippen LogP contribution in [-0.4, -0.2) is 25.7 Å². The van der Waals surface area contributed by atoms with Gasteiger partial charge >= 0.3 is 0 Å². The van der Waals surface area contributed by atoms with Crippen LogP contribution in [0.1, 0.15) is 11.1 Å². The minimum atomic E-state index is -0.628. The zero-order valence-electron chi connectivity index (χ0n) is 13.4. The quantitative estimate of drug-likeness (QED) is 0.853. The van der Waals surface area contributed by atoms with Crippen LogP contribution < -0.4 is 11.1 Å². The van der Waals surface area contributed by atoms with E-state index < -0.39 is 6.04 Å². The molecule has 0 saturated heterocycles. The fourth-order valence-corrected chi connectivity index (χ4v) is 2.22. The first-order valence-corrected chi connectivity index (χ1v) is 7.28. The number of carbonyl (C=O) groups is 1. The fraction of sp³-hybridized carbons (Fsp3) is 0.278. The van der Waals surface area contributed by atoms with E-state index in [2.05, 4.69) is 48.6 Å². The summed E-state index contributed by atoms with van der Waals surface area (Å²) in [6.07, 6.45) is 0. The Kier molecular flexibility index (Phi) is 7.75. The van der Waals surface area contributed by atoms with Gasteiger partial charge < -0.3 is 15.8 Å². The molecule has 3 N–H and O–H groups in total. The first-order valence-electron chi connectivity index (χ1n) is 7.28. The minimum absolute atomic E-state index is 0. The molecular formula is C18H23ClN2O2. The topological polar surface area (TPSA) is 64.3 Å². The van der Waals surface area contributed by atoms with Crippen molar-refractivity contribution in [3.8, 4) is 11.1 Å². The SMILES string of the molecule is COCC(N)C(=O)NCc1ccc(-c2cccc(C)c2)cc1.Cl. The fourth-order valence-electron chi connectivity index (χ4n) is 2.22. The summed E-state index contributed by atoms with van der Waals surface area (Å²) >= 11 is 0. The molecule has 4 nitrogen and oxygen atoms in total. The number of benzene rings is 2. The van der Waals surface area contributed by atoms with E-state index >= 15 is 0 Å². The number of methoxy groups -OCH3 is 1. The summed E-state index contributed by atoms with van der Waals surface area (Å²) in [7, 11) is 1.52. The molecule has 1 unspecified atom stereocenters. The largest absolute Gasteiger partial charge is 0.383 e. The van der Waals surface area contributed by atoms with Gasteiger partial charge in [0, 0.05) is 13.7 Å². The van der Waals surface area contributed by atoms with E-state index in [0.717, 1.165) is 11.1 Å². The molecule has 0 aliphatic heterocycles. The van der Waals surface area contributed by atoms with Crippen molar-refractivity contribution < 1.29 is 9.53 Å². The molecular weight excluding hydrogens is 312 g/mol. The van der Waals surface area contributed by atoms with Gasteiger partial charge in [-0.3, -0.25) is 4.79 Å². The van der Waals surface area contributed by atoms with Gasteiger partial charge in [0.05, 0.1) is 6.61 Å². The van der Waals surface area contributed by atoms with Crippen molar-refractivity contribution in [2.75, 3.05) is 13.7 Å². The molecule has 1 atom stereocenters. The molecule has 0 spiro atoms. The number of rotatable bonds is 6. The molecule has 2 aromatic carbocycles. The van der Waals surface area contributed by atoms with Gasteiger partial charge in [0.2, 0.25) is 5.91 Å². The Bertz CT molecular complexity index is 629. The highest BCUT2D eigenvalue weighted by molar-refractivity contribution is 5.85. The lowest BCUT2D eigenvalue weighted by molar-refractivity contribution is -0.123. The average molecular weight is 335 g/mol. The Morgan fingerprint density at radius 2 is 1.87 bits per heavy atom. The third-order valence-corrected chi connectivity index (χ3v) is 3.46. The Labute approximate surface area is 143 Å². The van der Waals surface area contributed by atoms with Gasteiger partial charge in [-0.2, -0.15) is 0 Å². The van der Waals surface area contributed by atoms with E-state index in [4.69, 9.17) is 10.5 Å². The predicted octanol–water partition coefficient (Wildman–Crippen LogP) is 2.67. The maximum Gasteiger partial charge on any atom is 0.239 e. The standard InChI is InChI=1S/C18H22N2O2.ClH/c1-13-4-3-5-16(10-13)15-8-6-14(7-9-15)11-20-18(21)17(19)12-22-2;/h3-10,17H,11-12,19H2,1-2H3,(H,20,21);1H. The zero-order valence-corrected chi connectivity index (χ0v) is 14.2. The number of amides is 1. The van der Waals surface area contributed by atoms with Crippen LogP contribution in [0.2, 0.25) is 0 Å². The van der Waals surface area contributed by atoms with Gasteiger partial charge in [-0.1, -0.05) is 54.1 Å². The number of carbonyl (C=O) groups excluding carboxylic acids is 1. The summed E-state index contributed by atoms with van der Waals surface area (Å²) in [4.78, 5) is 11.7. The summed E-state index contributed by atoms with van der Waals surface area (Å²) in [5.41, 5.74) is 10.3. The number of nitrogens with two attached hydrogens (primary N) is 1. The maximum absolute atomic E-state index is 11.7. The second-order valence-corrected chi connectivity index (χ2v) is 5.35. The third kappa shape index (κ3) is 5.67. The van der Waals surface area contributed by atoms with Crippen molar-refractivity contribution in [1.82, 2.24) is 5.32 Å². The van der Waals surface area contributed by atoms with Crippen molar-refractivity contribution in [1.29, 1.82) is 0 Å². The van der Waals surface area contributed by atoms with Gasteiger partial charge in [-0.25, -0.2) is 0 Å². The molecule has 0 heterocycles. The van der Waals surface area contributed by atoms with Crippen LogP contribution in [0.3, 0.4) is 0 Å². The number of halogens is 1. The molecule has 1 amide bonds. The Balaban J connectivity index is 0.00000264. The van der Waals surface area contributed by atoms with E-state index in [9.17, 15) is 4.79 Å². The summed E-state index contributed by atoms with van der Waals surface area (Å²) in [6, 6.07) is 15.9. The van der Waals surface area contributed by atoms with Crippen LogP contribution in [0.4, 0.5) is 0 Å². The molecule has 23 heavy (non-hydrogen) atoms. The van der Waals surface area contributed by atoms with Crippen LogP contribution >= 0.6 is 12.4 Å². The molecule has 0 aliphatic rings. The lowest BCUT2D eigenvalue weighted by Crippen LogP contribution is -2.43. The molecule has 0 saturated carbocycles.